The summed E-state index contributed by atoms with van der Waals surface area (Å²) in [7, 11) is 0. The number of aliphatic hydroxyl groups excluding tert-OH is 1. The summed E-state index contributed by atoms with van der Waals surface area (Å²) in [4.78, 5) is 90.0. The van der Waals surface area contributed by atoms with Crippen molar-refractivity contribution in [1.82, 2.24) is 10.2 Å². The smallest absolute Gasteiger partial charge is 0.306 e. The molecule has 0 spiro atoms. The van der Waals surface area contributed by atoms with Crippen molar-refractivity contribution < 1.29 is 43.4 Å². The number of carbonyl (C=O) groups is 7. The molecule has 0 radical (unpaired) electrons. The number of ether oxygens (including phenoxy) is 1. The summed E-state index contributed by atoms with van der Waals surface area (Å²) in [6, 6.07) is -1.83. The molecule has 1 aliphatic heterocycles. The number of primary amides is 1. The Hall–Kier alpha value is -3.15. The zero-order chi connectivity index (χ0) is 32.0. The van der Waals surface area contributed by atoms with E-state index in [9.17, 15) is 33.6 Å². The molecule has 1 fully saturated rings. The van der Waals surface area contributed by atoms with Crippen LogP contribution in [-0.4, -0.2) is 82.9 Å². The molecular weight excluding hydrogens is 546 g/mol. The zero-order valence-electron chi connectivity index (χ0n) is 25.7. The van der Waals surface area contributed by atoms with Crippen LogP contribution in [-0.2, 0) is 38.3 Å². The fraction of sp³-hybridized carbons (Fsp3) is 0.767. The van der Waals surface area contributed by atoms with E-state index in [1.807, 2.05) is 34.6 Å². The van der Waals surface area contributed by atoms with Gasteiger partial charge in [-0.1, -0.05) is 41.0 Å². The van der Waals surface area contributed by atoms with Crippen LogP contribution in [0, 0.1) is 23.7 Å². The van der Waals surface area contributed by atoms with Crippen molar-refractivity contribution in [1.29, 1.82) is 0 Å². The second kappa shape index (κ2) is 18.4. The van der Waals surface area contributed by atoms with Crippen LogP contribution in [0.2, 0.25) is 0 Å². The summed E-state index contributed by atoms with van der Waals surface area (Å²) in [5.74, 6) is -5.62. The molecule has 4 N–H and O–H groups in total. The third-order valence-electron chi connectivity index (χ3n) is 7.40. The third kappa shape index (κ3) is 12.0. The van der Waals surface area contributed by atoms with Gasteiger partial charge in [0.1, 0.15) is 6.04 Å². The molecule has 1 saturated heterocycles. The Balaban J connectivity index is 2.86. The maximum absolute atomic E-state index is 13.5. The number of ketones is 3. The lowest BCUT2D eigenvalue weighted by Crippen LogP contribution is -2.46. The predicted octanol–water partition coefficient (Wildman–Crippen LogP) is 1.49. The maximum atomic E-state index is 13.5. The van der Waals surface area contributed by atoms with Crippen molar-refractivity contribution in [2.75, 3.05) is 19.8 Å². The minimum atomic E-state index is -1.09. The van der Waals surface area contributed by atoms with Crippen molar-refractivity contribution >= 4 is 41.0 Å². The number of Topliss-reactive ketones (excluding diaryl/α,β-unsaturated/α-hetero) is 3. The number of hydrogen-bond acceptors (Lipinski definition) is 9. The lowest BCUT2D eigenvalue weighted by Gasteiger charge is -2.30. The van der Waals surface area contributed by atoms with Crippen LogP contribution in [0.1, 0.15) is 92.4 Å². The molecule has 12 nitrogen and oxygen atoms in total. The van der Waals surface area contributed by atoms with Crippen LogP contribution in [0.4, 0.5) is 0 Å². The van der Waals surface area contributed by atoms with E-state index in [2.05, 4.69) is 5.32 Å². The van der Waals surface area contributed by atoms with E-state index < -0.39 is 59.7 Å². The zero-order valence-corrected chi connectivity index (χ0v) is 25.7. The normalized spacial score (nSPS) is 17.0. The maximum Gasteiger partial charge on any atom is 0.306 e. The Kier molecular flexibility index (Phi) is 16.2. The average molecular weight is 596 g/mol. The Bertz CT molecular complexity index is 979. The van der Waals surface area contributed by atoms with E-state index in [1.165, 1.54) is 4.90 Å². The number of amides is 3. The van der Waals surface area contributed by atoms with Crippen molar-refractivity contribution in [2.45, 2.75) is 104 Å². The van der Waals surface area contributed by atoms with Gasteiger partial charge < -0.3 is 25.8 Å². The van der Waals surface area contributed by atoms with E-state index in [0.717, 1.165) is 0 Å². The van der Waals surface area contributed by atoms with Crippen LogP contribution in [0.5, 0.6) is 0 Å². The molecule has 1 aliphatic rings. The van der Waals surface area contributed by atoms with E-state index in [4.69, 9.17) is 15.6 Å². The molecule has 0 aromatic heterocycles. The Morgan fingerprint density at radius 3 is 2.21 bits per heavy atom. The van der Waals surface area contributed by atoms with Crippen molar-refractivity contribution in [3.63, 3.8) is 0 Å². The lowest BCUT2D eigenvalue weighted by molar-refractivity contribution is -0.152. The highest BCUT2D eigenvalue weighted by Gasteiger charge is 2.40. The SMILES string of the molecule is CCCC(CC(=O)[C@@H]1CCCN1C(=O)C(CC(=O)OCC(C)C)C(C)C)C(=O)C(=O)CCC(=O)NC(CCO)C(N)=O. The highest BCUT2D eigenvalue weighted by atomic mass is 16.5. The summed E-state index contributed by atoms with van der Waals surface area (Å²) < 4.78 is 5.27. The highest BCUT2D eigenvalue weighted by Crippen LogP contribution is 2.28. The van der Waals surface area contributed by atoms with Gasteiger partial charge in [0.05, 0.1) is 25.0 Å². The van der Waals surface area contributed by atoms with Gasteiger partial charge in [-0.3, -0.25) is 33.6 Å². The van der Waals surface area contributed by atoms with Crippen molar-refractivity contribution in [2.24, 2.45) is 29.4 Å². The molecule has 1 heterocycles. The van der Waals surface area contributed by atoms with Gasteiger partial charge in [-0.25, -0.2) is 0 Å². The standard InChI is InChI=1S/C30H49N3O9/c1-6-8-20(28(39)24(35)10-11-26(37)32-22(12-14-34)29(31)40)15-25(36)23-9-7-13-33(23)30(41)21(19(4)5)16-27(38)42-17-18(2)3/h18-23,34H,6-17H2,1-5H3,(H2,31,40)(H,32,37)/t20?,21?,22?,23-/m0/s1. The molecular formula is C30H49N3O9. The second-order valence-electron chi connectivity index (χ2n) is 11.8. The van der Waals surface area contributed by atoms with Gasteiger partial charge in [0, 0.05) is 38.3 Å². The van der Waals surface area contributed by atoms with Gasteiger partial charge in [-0.2, -0.15) is 0 Å². The van der Waals surface area contributed by atoms with E-state index in [0.29, 0.717) is 32.2 Å². The number of rotatable bonds is 20. The first-order chi connectivity index (χ1) is 19.7. The minimum Gasteiger partial charge on any atom is -0.465 e. The lowest BCUT2D eigenvalue weighted by atomic mass is 9.87. The number of aliphatic hydroxyl groups is 1. The molecule has 0 saturated carbocycles. The summed E-state index contributed by atoms with van der Waals surface area (Å²) >= 11 is 0. The Morgan fingerprint density at radius 1 is 1.00 bits per heavy atom. The first-order valence-electron chi connectivity index (χ1n) is 15.0. The van der Waals surface area contributed by atoms with E-state index in [-0.39, 0.29) is 62.4 Å². The largest absolute Gasteiger partial charge is 0.465 e. The third-order valence-corrected chi connectivity index (χ3v) is 7.40. The van der Waals surface area contributed by atoms with Gasteiger partial charge in [0.15, 0.2) is 11.6 Å². The first-order valence-corrected chi connectivity index (χ1v) is 15.0. The van der Waals surface area contributed by atoms with Crippen molar-refractivity contribution in [3.8, 4) is 0 Å². The van der Waals surface area contributed by atoms with Crippen molar-refractivity contribution in [3.05, 3.63) is 0 Å². The molecule has 0 aromatic rings. The number of nitrogens with two attached hydrogens (primary N) is 1. The topological polar surface area (TPSA) is 190 Å². The first kappa shape index (κ1) is 36.9. The molecule has 3 amide bonds. The highest BCUT2D eigenvalue weighted by molar-refractivity contribution is 6.38. The van der Waals surface area contributed by atoms with Gasteiger partial charge in [0.25, 0.3) is 0 Å². The predicted molar refractivity (Wildman–Crippen MR) is 154 cm³/mol. The molecule has 1 rings (SSSR count). The Morgan fingerprint density at radius 2 is 1.67 bits per heavy atom. The molecule has 3 unspecified atom stereocenters. The van der Waals surface area contributed by atoms with Gasteiger partial charge >= 0.3 is 5.97 Å². The quantitative estimate of drug-likeness (QED) is 0.138. The summed E-state index contributed by atoms with van der Waals surface area (Å²) in [6.07, 6.45) is 0.753. The monoisotopic (exact) mass is 595 g/mol. The molecule has 0 aromatic carbocycles. The minimum absolute atomic E-state index is 0.0740. The van der Waals surface area contributed by atoms with Gasteiger partial charge in [0.2, 0.25) is 23.5 Å². The van der Waals surface area contributed by atoms with Crippen LogP contribution >= 0.6 is 0 Å². The molecule has 0 bridgehead atoms. The number of nitrogens with zero attached hydrogens (tertiary/aromatic N) is 1. The average Bonchev–Trinajstić information content (AvgIpc) is 3.42. The second-order valence-corrected chi connectivity index (χ2v) is 11.8. The van der Waals surface area contributed by atoms with Gasteiger partial charge in [-0.15, -0.1) is 0 Å². The number of hydrogen-bond donors (Lipinski definition) is 3. The summed E-state index contributed by atoms with van der Waals surface area (Å²) in [6.45, 7) is 9.60. The Labute approximate surface area is 248 Å². The van der Waals surface area contributed by atoms with Gasteiger partial charge in [-0.05, 0) is 37.5 Å². The number of nitrogens with one attached hydrogen (secondary N) is 1. The van der Waals surface area contributed by atoms with Crippen LogP contribution in [0.15, 0.2) is 0 Å². The summed E-state index contributed by atoms with van der Waals surface area (Å²) in [5.41, 5.74) is 5.19. The van der Waals surface area contributed by atoms with Crippen LogP contribution < -0.4 is 11.1 Å². The molecule has 12 heteroatoms. The van der Waals surface area contributed by atoms with Crippen LogP contribution in [0.25, 0.3) is 0 Å². The molecule has 0 aliphatic carbocycles. The van der Waals surface area contributed by atoms with Crippen LogP contribution in [0.3, 0.4) is 0 Å². The number of carbonyl (C=O) groups excluding carboxylic acids is 7. The van der Waals surface area contributed by atoms with E-state index in [1.54, 1.807) is 0 Å². The number of likely N-dealkylation sites (tertiary alicyclic amines) is 1. The molecule has 42 heavy (non-hydrogen) atoms. The van der Waals surface area contributed by atoms with E-state index >= 15 is 0 Å². The number of esters is 1. The fourth-order valence-electron chi connectivity index (χ4n) is 5.00. The summed E-state index contributed by atoms with van der Waals surface area (Å²) in [5, 5.41) is 11.3. The molecule has 4 atom stereocenters. The molecule has 238 valence electrons. The fourth-order valence-corrected chi connectivity index (χ4v) is 5.00.